The first-order chi connectivity index (χ1) is 5.52. The number of hydrogen-bond acceptors (Lipinski definition) is 1. The van der Waals surface area contributed by atoms with Gasteiger partial charge in [-0.3, -0.25) is 0 Å². The molecule has 0 aromatic heterocycles. The Labute approximate surface area is 74.8 Å². The second kappa shape index (κ2) is 2.05. The summed E-state index contributed by atoms with van der Waals surface area (Å²) in [5.74, 6) is 1.14. The van der Waals surface area contributed by atoms with E-state index in [1.165, 1.54) is 12.8 Å². The van der Waals surface area contributed by atoms with E-state index < -0.39 is 0 Å². The van der Waals surface area contributed by atoms with E-state index in [9.17, 15) is 0 Å². The zero-order valence-corrected chi connectivity index (χ0v) is 8.22. The average Bonchev–Trinajstić information content (AvgIpc) is 2.34. The third-order valence-corrected chi connectivity index (χ3v) is 4.95. The van der Waals surface area contributed by atoms with Gasteiger partial charge in [0, 0.05) is 0 Å². The molecule has 0 aromatic carbocycles. The smallest absolute Gasteiger partial charge is 0.0661 e. The largest absolute Gasteiger partial charge is 0.198 e. The Hall–Kier alpha value is -0.510. The summed E-state index contributed by atoms with van der Waals surface area (Å²) in [6.45, 7) is 7.01. The van der Waals surface area contributed by atoms with Crippen molar-refractivity contribution >= 4 is 0 Å². The molecule has 2 saturated carbocycles. The Kier molecular flexibility index (Phi) is 1.38. The topological polar surface area (TPSA) is 23.8 Å². The van der Waals surface area contributed by atoms with Crippen LogP contribution in [0.3, 0.4) is 0 Å². The molecule has 1 nitrogen and oxygen atoms in total. The van der Waals surface area contributed by atoms with Gasteiger partial charge in [0.2, 0.25) is 0 Å². The lowest BCUT2D eigenvalue weighted by molar-refractivity contribution is 0.126. The molecule has 2 rings (SSSR count). The minimum Gasteiger partial charge on any atom is -0.198 e. The van der Waals surface area contributed by atoms with E-state index in [-0.39, 0.29) is 0 Å². The molecule has 2 bridgehead atoms. The average molecular weight is 163 g/mol. The maximum Gasteiger partial charge on any atom is 0.0661 e. The fourth-order valence-corrected chi connectivity index (χ4v) is 3.40. The molecule has 1 heteroatoms. The van der Waals surface area contributed by atoms with Crippen molar-refractivity contribution in [1.29, 1.82) is 5.26 Å². The molecule has 0 heterocycles. The minimum atomic E-state index is 0.312. The van der Waals surface area contributed by atoms with E-state index in [1.807, 2.05) is 0 Å². The van der Waals surface area contributed by atoms with Gasteiger partial charge in [0.1, 0.15) is 0 Å². The first kappa shape index (κ1) is 8.10. The zero-order valence-electron chi connectivity index (χ0n) is 8.22. The molecule has 2 fully saturated rings. The molecule has 12 heavy (non-hydrogen) atoms. The van der Waals surface area contributed by atoms with E-state index in [1.54, 1.807) is 0 Å². The van der Waals surface area contributed by atoms with Crippen molar-refractivity contribution in [1.82, 2.24) is 0 Å². The summed E-state index contributed by atoms with van der Waals surface area (Å²) >= 11 is 0. The summed E-state index contributed by atoms with van der Waals surface area (Å²) in [5.41, 5.74) is 0.722. The maximum absolute atomic E-state index is 9.04. The fraction of sp³-hybridized carbons (Fsp3) is 0.909. The van der Waals surface area contributed by atoms with Crippen molar-refractivity contribution in [3.8, 4) is 6.07 Å². The summed E-state index contributed by atoms with van der Waals surface area (Å²) < 4.78 is 0. The fourth-order valence-electron chi connectivity index (χ4n) is 3.40. The lowest BCUT2D eigenvalue weighted by Gasteiger charge is -2.36. The second-order valence-electron chi connectivity index (χ2n) is 5.29. The van der Waals surface area contributed by atoms with Gasteiger partial charge in [-0.15, -0.1) is 0 Å². The Balaban J connectivity index is 2.41. The predicted molar refractivity (Wildman–Crippen MR) is 48.3 cm³/mol. The molecule has 2 aliphatic rings. The van der Waals surface area contributed by atoms with Crippen LogP contribution in [0.15, 0.2) is 0 Å². The van der Waals surface area contributed by atoms with Crippen LogP contribution in [0, 0.1) is 34.0 Å². The molecule has 0 aromatic rings. The molecular weight excluding hydrogens is 146 g/mol. The van der Waals surface area contributed by atoms with E-state index >= 15 is 0 Å². The monoisotopic (exact) mass is 163 g/mol. The van der Waals surface area contributed by atoms with Crippen molar-refractivity contribution < 1.29 is 0 Å². The highest BCUT2D eigenvalue weighted by molar-refractivity contribution is 5.15. The number of rotatable bonds is 0. The van der Waals surface area contributed by atoms with Gasteiger partial charge < -0.3 is 0 Å². The van der Waals surface area contributed by atoms with Crippen LogP contribution in [0.5, 0.6) is 0 Å². The van der Waals surface area contributed by atoms with Crippen LogP contribution >= 0.6 is 0 Å². The Morgan fingerprint density at radius 1 is 1.33 bits per heavy atom. The summed E-state index contributed by atoms with van der Waals surface area (Å²) in [4.78, 5) is 0. The van der Waals surface area contributed by atoms with E-state index in [0.29, 0.717) is 16.7 Å². The van der Waals surface area contributed by atoms with Crippen LogP contribution in [0.2, 0.25) is 0 Å². The first-order valence-electron chi connectivity index (χ1n) is 4.92. The molecule has 0 aliphatic heterocycles. The van der Waals surface area contributed by atoms with Gasteiger partial charge in [0.05, 0.1) is 12.0 Å². The third kappa shape index (κ3) is 0.648. The number of nitriles is 1. The highest BCUT2D eigenvalue weighted by Crippen LogP contribution is 2.67. The van der Waals surface area contributed by atoms with E-state index in [4.69, 9.17) is 5.26 Å². The minimum absolute atomic E-state index is 0.312. The lowest BCUT2D eigenvalue weighted by Crippen LogP contribution is -2.31. The highest BCUT2D eigenvalue weighted by Gasteiger charge is 2.61. The van der Waals surface area contributed by atoms with Crippen LogP contribution in [-0.4, -0.2) is 0 Å². The standard InChI is InChI=1S/C11H17N/c1-10(2)8-4-5-11(10,3)9(6-8)7-12/h8-9H,4-6H2,1-3H3. The quantitative estimate of drug-likeness (QED) is 0.538. The SMILES string of the molecule is CC1(C)C2CCC1(C)C(C#N)C2. The highest BCUT2D eigenvalue weighted by atomic mass is 14.6. The Morgan fingerprint density at radius 2 is 2.00 bits per heavy atom. The lowest BCUT2D eigenvalue weighted by atomic mass is 9.67. The maximum atomic E-state index is 9.04. The summed E-state index contributed by atoms with van der Waals surface area (Å²) in [6, 6.07) is 2.49. The van der Waals surface area contributed by atoms with Gasteiger partial charge in [-0.25, -0.2) is 0 Å². The molecule has 0 saturated heterocycles. The molecule has 3 atom stereocenters. The van der Waals surface area contributed by atoms with Gasteiger partial charge in [-0.1, -0.05) is 20.8 Å². The molecule has 0 radical (unpaired) electrons. The van der Waals surface area contributed by atoms with Crippen LogP contribution < -0.4 is 0 Å². The first-order valence-corrected chi connectivity index (χ1v) is 4.92. The van der Waals surface area contributed by atoms with Gasteiger partial charge in [0.25, 0.3) is 0 Å². The molecule has 0 spiro atoms. The van der Waals surface area contributed by atoms with Crippen molar-refractivity contribution in [2.45, 2.75) is 40.0 Å². The normalized spacial score (nSPS) is 49.2. The second-order valence-corrected chi connectivity index (χ2v) is 5.29. The number of fused-ring (bicyclic) bond motifs is 2. The van der Waals surface area contributed by atoms with Gasteiger partial charge in [-0.2, -0.15) is 5.26 Å². The summed E-state index contributed by atoms with van der Waals surface area (Å²) in [5, 5.41) is 9.04. The van der Waals surface area contributed by atoms with E-state index in [0.717, 1.165) is 12.3 Å². The molecule has 0 amide bonds. The zero-order chi connectivity index (χ0) is 8.98. The summed E-state index contributed by atoms with van der Waals surface area (Å²) in [6.07, 6.45) is 3.77. The summed E-state index contributed by atoms with van der Waals surface area (Å²) in [7, 11) is 0. The molecule has 2 aliphatic carbocycles. The van der Waals surface area contributed by atoms with Crippen molar-refractivity contribution in [3.05, 3.63) is 0 Å². The van der Waals surface area contributed by atoms with E-state index in [2.05, 4.69) is 26.8 Å². The molecule has 0 N–H and O–H groups in total. The van der Waals surface area contributed by atoms with Crippen LogP contribution in [0.25, 0.3) is 0 Å². The van der Waals surface area contributed by atoms with Gasteiger partial charge >= 0.3 is 0 Å². The van der Waals surface area contributed by atoms with Crippen molar-refractivity contribution in [2.24, 2.45) is 22.7 Å². The van der Waals surface area contributed by atoms with Crippen molar-refractivity contribution in [2.75, 3.05) is 0 Å². The van der Waals surface area contributed by atoms with Crippen LogP contribution in [0.1, 0.15) is 40.0 Å². The van der Waals surface area contributed by atoms with Gasteiger partial charge in [0.15, 0.2) is 0 Å². The molecule has 3 unspecified atom stereocenters. The molecule has 66 valence electrons. The van der Waals surface area contributed by atoms with Crippen LogP contribution in [0.4, 0.5) is 0 Å². The van der Waals surface area contributed by atoms with Crippen molar-refractivity contribution in [3.63, 3.8) is 0 Å². The Morgan fingerprint density at radius 3 is 2.25 bits per heavy atom. The predicted octanol–water partition coefficient (Wildman–Crippen LogP) is 2.97. The Bertz CT molecular complexity index is 248. The third-order valence-electron chi connectivity index (χ3n) is 4.95. The van der Waals surface area contributed by atoms with Crippen LogP contribution in [-0.2, 0) is 0 Å². The number of nitrogens with zero attached hydrogens (tertiary/aromatic N) is 1. The molecular formula is C11H17N. The number of hydrogen-bond donors (Lipinski definition) is 0. The van der Waals surface area contributed by atoms with Gasteiger partial charge in [-0.05, 0) is 36.0 Å².